The molecule has 0 fully saturated rings. The molecule has 21 heavy (non-hydrogen) atoms. The van der Waals surface area contributed by atoms with E-state index in [4.69, 9.17) is 0 Å². The third-order valence-electron chi connectivity index (χ3n) is 3.66. The first-order valence-corrected chi connectivity index (χ1v) is 8.47. The first kappa shape index (κ1) is 18.1. The number of hydrogen-bond acceptors (Lipinski definition) is 3. The highest BCUT2D eigenvalue weighted by Crippen LogP contribution is 2.05. The monoisotopic (exact) mass is 291 g/mol. The van der Waals surface area contributed by atoms with E-state index in [2.05, 4.69) is 61.1 Å². The second-order valence-corrected chi connectivity index (χ2v) is 6.30. The van der Waals surface area contributed by atoms with E-state index in [0.29, 0.717) is 0 Å². The Hall–Kier alpha value is -0.930. The Balaban J connectivity index is 2.14. The molecule has 1 heterocycles. The smallest absolute Gasteiger partial charge is 0.0547 e. The molecule has 0 saturated heterocycles. The van der Waals surface area contributed by atoms with E-state index in [0.717, 1.165) is 37.8 Å². The molecular formula is C18H33N3. The molecule has 0 atom stereocenters. The van der Waals surface area contributed by atoms with E-state index in [1.807, 2.05) is 0 Å². The highest BCUT2D eigenvalue weighted by Gasteiger charge is 2.04. The van der Waals surface area contributed by atoms with Gasteiger partial charge in [0.25, 0.3) is 0 Å². The van der Waals surface area contributed by atoms with Crippen LogP contribution in [0.3, 0.4) is 0 Å². The quantitative estimate of drug-likeness (QED) is 0.631. The van der Waals surface area contributed by atoms with E-state index < -0.39 is 0 Å². The third-order valence-corrected chi connectivity index (χ3v) is 3.66. The molecule has 1 aromatic heterocycles. The van der Waals surface area contributed by atoms with Gasteiger partial charge in [-0.1, -0.05) is 33.3 Å². The molecule has 120 valence electrons. The fourth-order valence-electron chi connectivity index (χ4n) is 2.42. The summed E-state index contributed by atoms with van der Waals surface area (Å²) < 4.78 is 0. The van der Waals surface area contributed by atoms with Gasteiger partial charge in [-0.15, -0.1) is 0 Å². The lowest BCUT2D eigenvalue weighted by Crippen LogP contribution is -2.25. The molecule has 0 aliphatic heterocycles. The van der Waals surface area contributed by atoms with Crippen LogP contribution in [0, 0.1) is 12.8 Å². The van der Waals surface area contributed by atoms with Gasteiger partial charge < -0.3 is 5.32 Å². The molecule has 0 aliphatic carbocycles. The summed E-state index contributed by atoms with van der Waals surface area (Å²) in [6.45, 7) is 14.4. The highest BCUT2D eigenvalue weighted by molar-refractivity contribution is 5.09. The van der Waals surface area contributed by atoms with Crippen molar-refractivity contribution in [3.8, 4) is 0 Å². The van der Waals surface area contributed by atoms with Gasteiger partial charge in [-0.25, -0.2) is 0 Å². The largest absolute Gasteiger partial charge is 0.316 e. The normalized spacial score (nSPS) is 11.5. The number of nitrogens with zero attached hydrogens (tertiary/aromatic N) is 2. The van der Waals surface area contributed by atoms with Crippen LogP contribution in [0.4, 0.5) is 0 Å². The topological polar surface area (TPSA) is 28.2 Å². The standard InChI is InChI=1S/C18H33N3/c1-5-21(15-18-11-9-10-17(4)20-18)13-8-6-7-12-19-14-16(2)3/h9-11,16,19H,5-8,12-15H2,1-4H3. The van der Waals surface area contributed by atoms with E-state index in [1.54, 1.807) is 0 Å². The van der Waals surface area contributed by atoms with Crippen molar-refractivity contribution in [2.75, 3.05) is 26.2 Å². The molecule has 1 aromatic rings. The molecule has 1 rings (SSSR count). The van der Waals surface area contributed by atoms with Gasteiger partial charge in [-0.05, 0) is 64.0 Å². The van der Waals surface area contributed by atoms with Crippen molar-refractivity contribution in [2.45, 2.75) is 53.5 Å². The number of rotatable bonds is 11. The van der Waals surface area contributed by atoms with Crippen LogP contribution >= 0.6 is 0 Å². The predicted molar refractivity (Wildman–Crippen MR) is 91.5 cm³/mol. The van der Waals surface area contributed by atoms with Crippen LogP contribution in [0.25, 0.3) is 0 Å². The summed E-state index contributed by atoms with van der Waals surface area (Å²) in [4.78, 5) is 7.08. The van der Waals surface area contributed by atoms with Gasteiger partial charge in [0.05, 0.1) is 5.69 Å². The second kappa shape index (κ2) is 10.7. The molecule has 0 aliphatic rings. The van der Waals surface area contributed by atoms with Crippen LogP contribution in [0.5, 0.6) is 0 Å². The molecule has 0 saturated carbocycles. The van der Waals surface area contributed by atoms with Crippen LogP contribution in [0.1, 0.15) is 51.4 Å². The van der Waals surface area contributed by atoms with Crippen molar-refractivity contribution in [3.63, 3.8) is 0 Å². The number of pyridine rings is 1. The lowest BCUT2D eigenvalue weighted by Gasteiger charge is -2.20. The zero-order valence-corrected chi connectivity index (χ0v) is 14.4. The lowest BCUT2D eigenvalue weighted by molar-refractivity contribution is 0.269. The van der Waals surface area contributed by atoms with Crippen molar-refractivity contribution < 1.29 is 0 Å². The molecule has 0 bridgehead atoms. The number of nitrogens with one attached hydrogen (secondary N) is 1. The maximum absolute atomic E-state index is 4.59. The maximum Gasteiger partial charge on any atom is 0.0547 e. The summed E-state index contributed by atoms with van der Waals surface area (Å²) in [5.41, 5.74) is 2.30. The zero-order valence-electron chi connectivity index (χ0n) is 14.4. The first-order chi connectivity index (χ1) is 10.1. The molecule has 3 heteroatoms. The van der Waals surface area contributed by atoms with Gasteiger partial charge in [0, 0.05) is 12.2 Å². The van der Waals surface area contributed by atoms with Crippen LogP contribution in [-0.4, -0.2) is 36.1 Å². The van der Waals surface area contributed by atoms with Crippen LogP contribution in [0.15, 0.2) is 18.2 Å². The van der Waals surface area contributed by atoms with Crippen LogP contribution < -0.4 is 5.32 Å². The average Bonchev–Trinajstić information content (AvgIpc) is 2.44. The average molecular weight is 291 g/mol. The molecular weight excluding hydrogens is 258 g/mol. The molecule has 0 amide bonds. The van der Waals surface area contributed by atoms with E-state index in [-0.39, 0.29) is 0 Å². The predicted octanol–water partition coefficient (Wildman–Crippen LogP) is 3.63. The Bertz CT molecular complexity index is 376. The number of hydrogen-bond donors (Lipinski definition) is 1. The maximum atomic E-state index is 4.59. The van der Waals surface area contributed by atoms with Gasteiger partial charge >= 0.3 is 0 Å². The summed E-state index contributed by atoms with van der Waals surface area (Å²) >= 11 is 0. The van der Waals surface area contributed by atoms with Crippen molar-refractivity contribution in [1.29, 1.82) is 0 Å². The summed E-state index contributed by atoms with van der Waals surface area (Å²) in [7, 11) is 0. The first-order valence-electron chi connectivity index (χ1n) is 8.47. The molecule has 0 unspecified atom stereocenters. The minimum Gasteiger partial charge on any atom is -0.316 e. The number of aryl methyl sites for hydroxylation is 1. The minimum absolute atomic E-state index is 0.752. The fourth-order valence-corrected chi connectivity index (χ4v) is 2.42. The second-order valence-electron chi connectivity index (χ2n) is 6.30. The minimum atomic E-state index is 0.752. The molecule has 1 N–H and O–H groups in total. The number of unbranched alkanes of at least 4 members (excludes halogenated alkanes) is 2. The van der Waals surface area contributed by atoms with E-state index in [1.165, 1.54) is 31.5 Å². The molecule has 0 aromatic carbocycles. The van der Waals surface area contributed by atoms with Crippen molar-refractivity contribution in [3.05, 3.63) is 29.6 Å². The van der Waals surface area contributed by atoms with E-state index in [9.17, 15) is 0 Å². The summed E-state index contributed by atoms with van der Waals surface area (Å²) in [6, 6.07) is 6.29. The molecule has 0 radical (unpaired) electrons. The van der Waals surface area contributed by atoms with Gasteiger partial charge in [0.2, 0.25) is 0 Å². The fraction of sp³-hybridized carbons (Fsp3) is 0.722. The van der Waals surface area contributed by atoms with E-state index >= 15 is 0 Å². The van der Waals surface area contributed by atoms with Gasteiger partial charge in [0.1, 0.15) is 0 Å². The highest BCUT2D eigenvalue weighted by atomic mass is 15.1. The molecule has 0 spiro atoms. The Morgan fingerprint density at radius 1 is 1.19 bits per heavy atom. The summed E-state index contributed by atoms with van der Waals surface area (Å²) in [6.07, 6.45) is 3.87. The Morgan fingerprint density at radius 2 is 2.00 bits per heavy atom. The third kappa shape index (κ3) is 8.84. The zero-order chi connectivity index (χ0) is 15.5. The van der Waals surface area contributed by atoms with Gasteiger partial charge in [0.15, 0.2) is 0 Å². The van der Waals surface area contributed by atoms with Crippen LogP contribution in [-0.2, 0) is 6.54 Å². The molecule has 3 nitrogen and oxygen atoms in total. The Morgan fingerprint density at radius 3 is 2.67 bits per heavy atom. The Labute approximate surface area is 131 Å². The Kier molecular flexibility index (Phi) is 9.27. The number of aromatic nitrogens is 1. The van der Waals surface area contributed by atoms with Gasteiger partial charge in [-0.2, -0.15) is 0 Å². The summed E-state index contributed by atoms with van der Waals surface area (Å²) in [5, 5.41) is 3.51. The lowest BCUT2D eigenvalue weighted by atomic mass is 10.2. The van der Waals surface area contributed by atoms with Gasteiger partial charge in [-0.3, -0.25) is 9.88 Å². The van der Waals surface area contributed by atoms with Crippen molar-refractivity contribution in [2.24, 2.45) is 5.92 Å². The van der Waals surface area contributed by atoms with Crippen molar-refractivity contribution in [1.82, 2.24) is 15.2 Å². The van der Waals surface area contributed by atoms with Crippen LogP contribution in [0.2, 0.25) is 0 Å². The van der Waals surface area contributed by atoms with Crippen molar-refractivity contribution >= 4 is 0 Å². The summed E-state index contributed by atoms with van der Waals surface area (Å²) in [5.74, 6) is 0.752. The SMILES string of the molecule is CCN(CCCCCNCC(C)C)Cc1cccc(C)n1.